The molecule has 0 aliphatic carbocycles. The second-order valence-electron chi connectivity index (χ2n) is 4.11. The maximum atomic E-state index is 6.12. The first kappa shape index (κ1) is 14.4. The van der Waals surface area contributed by atoms with Crippen LogP contribution in [0.1, 0.15) is 24.9 Å². The Hall–Kier alpha value is -0.960. The van der Waals surface area contributed by atoms with Crippen LogP contribution in [0.25, 0.3) is 0 Å². The van der Waals surface area contributed by atoms with Crippen LogP contribution in [0.3, 0.4) is 0 Å². The monoisotopic (exact) mass is 314 g/mol. The maximum absolute atomic E-state index is 6.12. The van der Waals surface area contributed by atoms with E-state index < -0.39 is 0 Å². The molecule has 1 N–H and O–H groups in total. The molecular weight excluding hydrogens is 303 g/mol. The van der Waals surface area contributed by atoms with Crippen LogP contribution in [-0.2, 0) is 0 Å². The smallest absolute Gasteiger partial charge is 0.150 e. The van der Waals surface area contributed by atoms with Crippen molar-refractivity contribution in [1.82, 2.24) is 4.98 Å². The van der Waals surface area contributed by atoms with E-state index in [1.54, 1.807) is 6.07 Å². The first-order valence-electron chi connectivity index (χ1n) is 5.94. The van der Waals surface area contributed by atoms with Crippen molar-refractivity contribution < 1.29 is 0 Å². The van der Waals surface area contributed by atoms with Gasteiger partial charge >= 0.3 is 0 Å². The highest BCUT2D eigenvalue weighted by molar-refractivity contribution is 6.42. The van der Waals surface area contributed by atoms with E-state index in [9.17, 15) is 0 Å². The number of rotatable bonds is 4. The Labute approximate surface area is 127 Å². The molecule has 2 rings (SSSR count). The standard InChI is InChI=1S/C14H13Cl3N2/c1-2-12(9-6-4-3-5-7-9)18-14-11(16)8-10(15)13(17)19-14/h3-8,12H,2H2,1H3,(H,18,19). The Morgan fingerprint density at radius 1 is 1.11 bits per heavy atom. The minimum atomic E-state index is 0.128. The Balaban J connectivity index is 2.26. The first-order valence-corrected chi connectivity index (χ1v) is 7.08. The van der Waals surface area contributed by atoms with Gasteiger partial charge in [-0.3, -0.25) is 0 Å². The minimum Gasteiger partial charge on any atom is -0.362 e. The fourth-order valence-electron chi connectivity index (χ4n) is 1.82. The third-order valence-electron chi connectivity index (χ3n) is 2.81. The van der Waals surface area contributed by atoms with Crippen molar-refractivity contribution in [2.75, 3.05) is 5.32 Å². The highest BCUT2D eigenvalue weighted by Crippen LogP contribution is 2.31. The van der Waals surface area contributed by atoms with Gasteiger partial charge in [-0.1, -0.05) is 72.1 Å². The predicted octanol–water partition coefficient (Wildman–Crippen LogP) is 5.61. The van der Waals surface area contributed by atoms with E-state index in [4.69, 9.17) is 34.8 Å². The summed E-state index contributed by atoms with van der Waals surface area (Å²) in [4.78, 5) is 4.18. The summed E-state index contributed by atoms with van der Waals surface area (Å²) >= 11 is 17.9. The molecule has 0 saturated heterocycles. The first-order chi connectivity index (χ1) is 9.11. The summed E-state index contributed by atoms with van der Waals surface area (Å²) in [6.45, 7) is 2.09. The van der Waals surface area contributed by atoms with Crippen molar-refractivity contribution in [2.45, 2.75) is 19.4 Å². The van der Waals surface area contributed by atoms with E-state index in [-0.39, 0.29) is 11.2 Å². The molecule has 1 aromatic carbocycles. The topological polar surface area (TPSA) is 24.9 Å². The Morgan fingerprint density at radius 2 is 1.79 bits per heavy atom. The number of aromatic nitrogens is 1. The zero-order valence-corrected chi connectivity index (χ0v) is 12.6. The molecule has 0 fully saturated rings. The summed E-state index contributed by atoms with van der Waals surface area (Å²) in [5, 5.41) is 4.36. The average Bonchev–Trinajstić information content (AvgIpc) is 2.42. The molecule has 0 saturated carbocycles. The van der Waals surface area contributed by atoms with Gasteiger partial charge in [0.2, 0.25) is 0 Å². The highest BCUT2D eigenvalue weighted by Gasteiger charge is 2.13. The number of nitrogens with zero attached hydrogens (tertiary/aromatic N) is 1. The van der Waals surface area contributed by atoms with Gasteiger partial charge in [0.1, 0.15) is 11.0 Å². The van der Waals surface area contributed by atoms with Gasteiger partial charge in [0, 0.05) is 0 Å². The molecular formula is C14H13Cl3N2. The highest BCUT2D eigenvalue weighted by atomic mass is 35.5. The Kier molecular flexibility index (Phi) is 4.92. The van der Waals surface area contributed by atoms with Gasteiger partial charge in [-0.25, -0.2) is 4.98 Å². The van der Waals surface area contributed by atoms with Gasteiger partial charge in [-0.15, -0.1) is 0 Å². The van der Waals surface area contributed by atoms with Crippen LogP contribution >= 0.6 is 34.8 Å². The minimum absolute atomic E-state index is 0.128. The molecule has 0 amide bonds. The van der Waals surface area contributed by atoms with Crippen molar-refractivity contribution in [3.8, 4) is 0 Å². The van der Waals surface area contributed by atoms with Crippen molar-refractivity contribution in [1.29, 1.82) is 0 Å². The van der Waals surface area contributed by atoms with Crippen LogP contribution in [0.4, 0.5) is 5.82 Å². The molecule has 2 nitrogen and oxygen atoms in total. The fourth-order valence-corrected chi connectivity index (χ4v) is 2.37. The third-order valence-corrected chi connectivity index (χ3v) is 3.77. The van der Waals surface area contributed by atoms with E-state index in [0.717, 1.165) is 6.42 Å². The number of hydrogen-bond acceptors (Lipinski definition) is 2. The summed E-state index contributed by atoms with van der Waals surface area (Å²) in [6, 6.07) is 11.8. The van der Waals surface area contributed by atoms with E-state index in [1.165, 1.54) is 5.56 Å². The summed E-state index contributed by atoms with van der Waals surface area (Å²) in [5.41, 5.74) is 1.17. The van der Waals surface area contributed by atoms with Crippen molar-refractivity contribution in [3.63, 3.8) is 0 Å². The molecule has 0 bridgehead atoms. The van der Waals surface area contributed by atoms with E-state index in [0.29, 0.717) is 15.9 Å². The van der Waals surface area contributed by atoms with Crippen molar-refractivity contribution in [3.05, 3.63) is 57.2 Å². The molecule has 1 aromatic heterocycles. The lowest BCUT2D eigenvalue weighted by Crippen LogP contribution is -2.11. The largest absolute Gasteiger partial charge is 0.362 e. The number of halogens is 3. The number of pyridine rings is 1. The van der Waals surface area contributed by atoms with Crippen LogP contribution < -0.4 is 5.32 Å². The van der Waals surface area contributed by atoms with Gasteiger partial charge in [0.25, 0.3) is 0 Å². The molecule has 100 valence electrons. The lowest BCUT2D eigenvalue weighted by atomic mass is 10.0. The lowest BCUT2D eigenvalue weighted by Gasteiger charge is -2.19. The molecule has 0 radical (unpaired) electrons. The van der Waals surface area contributed by atoms with Crippen LogP contribution in [0, 0.1) is 0 Å². The molecule has 2 aromatic rings. The average molecular weight is 316 g/mol. The van der Waals surface area contributed by atoms with Crippen LogP contribution in [0.15, 0.2) is 36.4 Å². The zero-order chi connectivity index (χ0) is 13.8. The van der Waals surface area contributed by atoms with Crippen molar-refractivity contribution in [2.24, 2.45) is 0 Å². The molecule has 0 spiro atoms. The summed E-state index contributed by atoms with van der Waals surface area (Å²) in [6.07, 6.45) is 0.905. The molecule has 1 atom stereocenters. The second kappa shape index (κ2) is 6.47. The lowest BCUT2D eigenvalue weighted by molar-refractivity contribution is 0.745. The van der Waals surface area contributed by atoms with Gasteiger partial charge < -0.3 is 5.32 Å². The molecule has 5 heteroatoms. The Bertz CT molecular complexity index is 558. The molecule has 0 aliphatic rings. The fraction of sp³-hybridized carbons (Fsp3) is 0.214. The molecule has 19 heavy (non-hydrogen) atoms. The van der Waals surface area contributed by atoms with Crippen LogP contribution in [-0.4, -0.2) is 4.98 Å². The van der Waals surface area contributed by atoms with Gasteiger partial charge in [-0.2, -0.15) is 0 Å². The molecule has 0 aliphatic heterocycles. The molecule has 1 unspecified atom stereocenters. The maximum Gasteiger partial charge on any atom is 0.150 e. The van der Waals surface area contributed by atoms with E-state index in [1.807, 2.05) is 18.2 Å². The molecule has 1 heterocycles. The Morgan fingerprint density at radius 3 is 2.42 bits per heavy atom. The number of hydrogen-bond donors (Lipinski definition) is 1. The second-order valence-corrected chi connectivity index (χ2v) is 5.28. The van der Waals surface area contributed by atoms with Crippen molar-refractivity contribution >= 4 is 40.6 Å². The SMILES string of the molecule is CCC(Nc1nc(Cl)c(Cl)cc1Cl)c1ccccc1. The summed E-state index contributed by atoms with van der Waals surface area (Å²) < 4.78 is 0. The van der Waals surface area contributed by atoms with Crippen LogP contribution in [0.5, 0.6) is 0 Å². The predicted molar refractivity (Wildman–Crippen MR) is 82.4 cm³/mol. The number of anilines is 1. The summed E-state index contributed by atoms with van der Waals surface area (Å²) in [5.74, 6) is 0.548. The van der Waals surface area contributed by atoms with Crippen LogP contribution in [0.2, 0.25) is 15.2 Å². The van der Waals surface area contributed by atoms with Gasteiger partial charge in [0.15, 0.2) is 0 Å². The van der Waals surface area contributed by atoms with E-state index in [2.05, 4.69) is 29.4 Å². The van der Waals surface area contributed by atoms with E-state index >= 15 is 0 Å². The van der Waals surface area contributed by atoms with Gasteiger partial charge in [-0.05, 0) is 18.1 Å². The number of nitrogens with one attached hydrogen (secondary N) is 1. The summed E-state index contributed by atoms with van der Waals surface area (Å²) in [7, 11) is 0. The number of benzene rings is 1. The zero-order valence-electron chi connectivity index (χ0n) is 10.3. The van der Waals surface area contributed by atoms with Gasteiger partial charge in [0.05, 0.1) is 16.1 Å². The third kappa shape index (κ3) is 3.53. The normalized spacial score (nSPS) is 12.2. The quantitative estimate of drug-likeness (QED) is 0.742.